The van der Waals surface area contributed by atoms with E-state index in [9.17, 15) is 21.6 Å². The third kappa shape index (κ3) is 7.20. The zero-order valence-corrected chi connectivity index (χ0v) is 25.0. The van der Waals surface area contributed by atoms with E-state index in [0.717, 1.165) is 11.8 Å². The molecule has 1 aliphatic heterocycles. The number of rotatable bonds is 8. The maximum atomic E-state index is 13.5. The standard InChI is InChI=1S/C29H35N5O5S2/c1-29(2,3)33-41(38,39)26-11-6-5-10-23(26)19-12-14-22(15-13-19)32-28(35)25-18-34(40(4,36)37)17-24(25)20-8-7-9-21(16-20)27(30)31/h5-16,24-25,33H,17-18H2,1-4H3,(H3,30,31)(H,32,35)/t24-,25+/m1/s1. The van der Waals surface area contributed by atoms with E-state index in [1.165, 1.54) is 4.31 Å². The molecule has 0 saturated carbocycles. The summed E-state index contributed by atoms with van der Waals surface area (Å²) in [5.74, 6) is -1.58. The number of anilines is 1. The fraction of sp³-hybridized carbons (Fsp3) is 0.310. The van der Waals surface area contributed by atoms with Gasteiger partial charge in [0.1, 0.15) is 5.84 Å². The quantitative estimate of drug-likeness (QED) is 0.230. The Hall–Kier alpha value is -3.58. The molecule has 5 N–H and O–H groups in total. The van der Waals surface area contributed by atoms with Gasteiger partial charge < -0.3 is 11.1 Å². The molecule has 4 rings (SSSR count). The lowest BCUT2D eigenvalue weighted by molar-refractivity contribution is -0.119. The van der Waals surface area contributed by atoms with E-state index in [2.05, 4.69) is 10.0 Å². The first kappa shape index (κ1) is 30.4. The first-order valence-electron chi connectivity index (χ1n) is 13.0. The molecule has 0 aromatic heterocycles. The second kappa shape index (κ2) is 11.4. The molecule has 0 spiro atoms. The minimum absolute atomic E-state index is 0.0176. The molecule has 1 saturated heterocycles. The van der Waals surface area contributed by atoms with Crippen LogP contribution in [0.1, 0.15) is 37.8 Å². The second-order valence-corrected chi connectivity index (χ2v) is 14.9. The van der Waals surface area contributed by atoms with Crippen molar-refractivity contribution in [1.29, 1.82) is 5.41 Å². The van der Waals surface area contributed by atoms with Crippen molar-refractivity contribution in [2.24, 2.45) is 11.7 Å². The van der Waals surface area contributed by atoms with Crippen LogP contribution < -0.4 is 15.8 Å². The Morgan fingerprint density at radius 1 is 0.951 bits per heavy atom. The van der Waals surface area contributed by atoms with E-state index in [1.807, 2.05) is 0 Å². The number of nitrogen functional groups attached to an aromatic ring is 1. The number of sulfonamides is 2. The van der Waals surface area contributed by atoms with Crippen LogP contribution >= 0.6 is 0 Å². The van der Waals surface area contributed by atoms with Crippen LogP contribution in [-0.2, 0) is 24.8 Å². The van der Waals surface area contributed by atoms with Crippen molar-refractivity contribution in [3.8, 4) is 11.1 Å². The number of nitrogens with zero attached hydrogens (tertiary/aromatic N) is 1. The van der Waals surface area contributed by atoms with Gasteiger partial charge in [0.15, 0.2) is 0 Å². The number of amidine groups is 1. The van der Waals surface area contributed by atoms with E-state index in [0.29, 0.717) is 22.4 Å². The molecule has 3 aromatic rings. The molecular weight excluding hydrogens is 562 g/mol. The van der Waals surface area contributed by atoms with Gasteiger partial charge >= 0.3 is 0 Å². The summed E-state index contributed by atoms with van der Waals surface area (Å²) in [6, 6.07) is 20.5. The van der Waals surface area contributed by atoms with Gasteiger partial charge in [0, 0.05) is 41.4 Å². The molecule has 0 bridgehead atoms. The molecule has 1 fully saturated rings. The van der Waals surface area contributed by atoms with Crippen LogP contribution in [0, 0.1) is 11.3 Å². The number of amides is 1. The Kier molecular flexibility index (Phi) is 8.42. The normalized spacial score (nSPS) is 18.2. The lowest BCUT2D eigenvalue weighted by Gasteiger charge is -2.21. The molecule has 1 amide bonds. The van der Waals surface area contributed by atoms with E-state index < -0.39 is 37.4 Å². The van der Waals surface area contributed by atoms with Crippen LogP contribution in [0.2, 0.25) is 0 Å². The first-order chi connectivity index (χ1) is 19.0. The van der Waals surface area contributed by atoms with Gasteiger partial charge in [0.25, 0.3) is 0 Å². The summed E-state index contributed by atoms with van der Waals surface area (Å²) in [5, 5.41) is 10.6. The second-order valence-electron chi connectivity index (χ2n) is 11.3. The number of carbonyl (C=O) groups excluding carboxylic acids is 1. The Bertz CT molecular complexity index is 1680. The minimum Gasteiger partial charge on any atom is -0.384 e. The zero-order chi connectivity index (χ0) is 30.2. The molecule has 0 radical (unpaired) electrons. The van der Waals surface area contributed by atoms with Crippen molar-refractivity contribution in [2.75, 3.05) is 24.7 Å². The lowest BCUT2D eigenvalue weighted by atomic mass is 9.87. The van der Waals surface area contributed by atoms with Gasteiger partial charge in [-0.3, -0.25) is 10.2 Å². The predicted molar refractivity (Wildman–Crippen MR) is 161 cm³/mol. The van der Waals surface area contributed by atoms with Gasteiger partial charge in [-0.25, -0.2) is 25.9 Å². The van der Waals surface area contributed by atoms with E-state index in [1.54, 1.807) is 93.6 Å². The summed E-state index contributed by atoms with van der Waals surface area (Å²) in [4.78, 5) is 13.6. The highest BCUT2D eigenvalue weighted by atomic mass is 32.2. The molecule has 10 nitrogen and oxygen atoms in total. The maximum Gasteiger partial charge on any atom is 0.241 e. The highest BCUT2D eigenvalue weighted by Crippen LogP contribution is 2.36. The van der Waals surface area contributed by atoms with Crippen LogP contribution in [-0.4, -0.2) is 57.8 Å². The minimum atomic E-state index is -3.79. The number of carbonyl (C=O) groups is 1. The Balaban J connectivity index is 1.59. The van der Waals surface area contributed by atoms with Crippen LogP contribution in [0.3, 0.4) is 0 Å². The largest absolute Gasteiger partial charge is 0.384 e. The average molecular weight is 598 g/mol. The van der Waals surface area contributed by atoms with Crippen LogP contribution in [0.25, 0.3) is 11.1 Å². The smallest absolute Gasteiger partial charge is 0.241 e. The van der Waals surface area contributed by atoms with Crippen LogP contribution in [0.15, 0.2) is 77.7 Å². The van der Waals surface area contributed by atoms with Crippen molar-refractivity contribution in [3.63, 3.8) is 0 Å². The molecule has 0 aliphatic carbocycles. The third-order valence-electron chi connectivity index (χ3n) is 6.80. The van der Waals surface area contributed by atoms with Crippen molar-refractivity contribution in [3.05, 3.63) is 83.9 Å². The maximum absolute atomic E-state index is 13.5. The molecule has 0 unspecified atom stereocenters. The summed E-state index contributed by atoms with van der Waals surface area (Å²) >= 11 is 0. The molecule has 1 heterocycles. The number of hydrogen-bond acceptors (Lipinski definition) is 6. The molecular formula is C29H35N5O5S2. The van der Waals surface area contributed by atoms with Crippen LogP contribution in [0.4, 0.5) is 5.69 Å². The topological polar surface area (TPSA) is 163 Å². The predicted octanol–water partition coefficient (Wildman–Crippen LogP) is 3.33. The van der Waals surface area contributed by atoms with Gasteiger partial charge in [-0.2, -0.15) is 0 Å². The van der Waals surface area contributed by atoms with Gasteiger partial charge in [0.05, 0.1) is 17.1 Å². The summed E-state index contributed by atoms with van der Waals surface area (Å²) < 4.78 is 54.8. The number of benzene rings is 3. The average Bonchev–Trinajstić information content (AvgIpc) is 3.35. The van der Waals surface area contributed by atoms with Gasteiger partial charge in [-0.05, 0) is 56.2 Å². The van der Waals surface area contributed by atoms with Crippen molar-refractivity contribution >= 4 is 37.5 Å². The Morgan fingerprint density at radius 2 is 1.61 bits per heavy atom. The molecule has 1 aliphatic rings. The highest BCUT2D eigenvalue weighted by molar-refractivity contribution is 7.89. The summed E-state index contributed by atoms with van der Waals surface area (Å²) in [7, 11) is -7.33. The van der Waals surface area contributed by atoms with Gasteiger partial charge in [-0.15, -0.1) is 0 Å². The van der Waals surface area contributed by atoms with Crippen molar-refractivity contribution < 1.29 is 21.6 Å². The molecule has 41 heavy (non-hydrogen) atoms. The number of nitrogens with one attached hydrogen (secondary N) is 3. The summed E-state index contributed by atoms with van der Waals surface area (Å²) in [5.41, 5.74) is 7.87. The Morgan fingerprint density at radius 3 is 2.22 bits per heavy atom. The third-order valence-corrected chi connectivity index (χ3v) is 9.85. The van der Waals surface area contributed by atoms with E-state index in [-0.39, 0.29) is 29.7 Å². The van der Waals surface area contributed by atoms with Crippen molar-refractivity contribution in [1.82, 2.24) is 9.03 Å². The lowest BCUT2D eigenvalue weighted by Crippen LogP contribution is -2.40. The van der Waals surface area contributed by atoms with E-state index in [4.69, 9.17) is 11.1 Å². The van der Waals surface area contributed by atoms with Gasteiger partial charge in [-0.1, -0.05) is 48.5 Å². The van der Waals surface area contributed by atoms with Crippen LogP contribution in [0.5, 0.6) is 0 Å². The SMILES string of the molecule is CC(C)(C)NS(=O)(=O)c1ccccc1-c1ccc(NC(=O)[C@H]2CN(S(C)(=O)=O)C[C@@H]2c2cccc(C(=N)N)c2)cc1. The molecule has 218 valence electrons. The summed E-state index contributed by atoms with van der Waals surface area (Å²) in [6.45, 7) is 5.47. The Labute approximate surface area is 241 Å². The number of hydrogen-bond donors (Lipinski definition) is 4. The molecule has 2 atom stereocenters. The summed E-state index contributed by atoms with van der Waals surface area (Å²) in [6.07, 6.45) is 1.12. The fourth-order valence-corrected chi connectivity index (χ4v) is 7.46. The zero-order valence-electron chi connectivity index (χ0n) is 23.4. The van der Waals surface area contributed by atoms with Crippen molar-refractivity contribution in [2.45, 2.75) is 37.1 Å². The fourth-order valence-electron chi connectivity index (χ4n) is 4.94. The molecule has 12 heteroatoms. The molecule has 3 aromatic carbocycles. The highest BCUT2D eigenvalue weighted by Gasteiger charge is 2.42. The monoisotopic (exact) mass is 597 g/mol. The van der Waals surface area contributed by atoms with Gasteiger partial charge in [0.2, 0.25) is 26.0 Å². The number of nitrogens with two attached hydrogens (primary N) is 1. The first-order valence-corrected chi connectivity index (χ1v) is 16.3. The van der Waals surface area contributed by atoms with E-state index >= 15 is 0 Å².